The third-order valence-electron chi connectivity index (χ3n) is 13.8. The van der Waals surface area contributed by atoms with Gasteiger partial charge in [0.25, 0.3) is 0 Å². The van der Waals surface area contributed by atoms with Gasteiger partial charge in [-0.1, -0.05) is 65.0 Å². The van der Waals surface area contributed by atoms with Crippen molar-refractivity contribution in [1.29, 1.82) is 0 Å². The van der Waals surface area contributed by atoms with Gasteiger partial charge in [0.2, 0.25) is 0 Å². The van der Waals surface area contributed by atoms with Crippen LogP contribution in [0.2, 0.25) is 18.1 Å². The number of nitrogens with one attached hydrogen (secondary N) is 1. The van der Waals surface area contributed by atoms with Gasteiger partial charge < -0.3 is 48.7 Å². The Morgan fingerprint density at radius 3 is 2.12 bits per heavy atom. The Morgan fingerprint density at radius 2 is 1.62 bits per heavy atom. The maximum absolute atomic E-state index is 15.0. The Hall–Kier alpha value is -2.69. The quantitative estimate of drug-likeness (QED) is 0.124. The molecule has 4 aliphatic rings. The number of Topliss-reactive ketones (excluding diaryl/α,β-unsaturated/α-hetero) is 1. The molecule has 1 aromatic rings. The Balaban J connectivity index is 1.65. The molecular formula is C42H65NO12Si. The summed E-state index contributed by atoms with van der Waals surface area (Å²) in [6.07, 6.45) is -7.81. The van der Waals surface area contributed by atoms with Crippen LogP contribution in [0.25, 0.3) is 0 Å². The zero-order valence-corrected chi connectivity index (χ0v) is 36.3. The van der Waals surface area contributed by atoms with E-state index in [1.165, 1.54) is 14.2 Å². The molecule has 314 valence electrons. The highest BCUT2D eigenvalue weighted by molar-refractivity contribution is 6.73. The van der Waals surface area contributed by atoms with Gasteiger partial charge in [-0.05, 0) is 69.5 Å². The number of hydrogen-bond acceptors (Lipinski definition) is 12. The smallest absolute Gasteiger partial charge is 0.408 e. The summed E-state index contributed by atoms with van der Waals surface area (Å²) in [4.78, 5) is 43.4. The van der Waals surface area contributed by atoms with Crippen molar-refractivity contribution >= 4 is 26.2 Å². The SMILES string of the molecule is CC[Si](CC)(CC)O[C@@H](C(=O)O[C@H]1C[C@@]2(O)[C@@H](O)[C@@H]3[C@]4(O)CO[C@@H]4C[C@H](OC)[C@@]3(C)C(=O)[C@H](OC)C(=C1C)C2(C)C)[C@@H](NC(=O)OC(C)(C)C)c1ccccc1. The molecule has 1 amide bonds. The standard InChI is InChI=1S/C42H65NO12Si/c1-13-56(14-2,15-3)55-32(30(25-19-17-16-18-20-25)43-37(47)54-38(5,6)7)36(46)53-26-22-42(49)35(45)33-40(10,27(50-11)21-28-41(33,48)23-52-28)34(44)31(51-12)29(24(26)4)39(42,8)9/h16-20,26-28,30-33,35,45,48-49H,13-15,21-23H2,1-12H3,(H,43,47)/t26-,27-,28+,30-,31+,32+,33-,35-,40+,41-,42+/m0/s1. The summed E-state index contributed by atoms with van der Waals surface area (Å²) >= 11 is 0. The van der Waals surface area contributed by atoms with E-state index < -0.39 is 102 Å². The number of hydrogen-bond donors (Lipinski definition) is 4. The van der Waals surface area contributed by atoms with Crippen molar-refractivity contribution in [3.63, 3.8) is 0 Å². The number of aliphatic hydroxyl groups excluding tert-OH is 1. The minimum Gasteiger partial charge on any atom is -0.456 e. The van der Waals surface area contributed by atoms with Crippen LogP contribution in [0, 0.1) is 16.7 Å². The molecule has 1 aliphatic heterocycles. The number of aliphatic hydroxyl groups is 3. The second-order valence-electron chi connectivity index (χ2n) is 18.0. The van der Waals surface area contributed by atoms with Gasteiger partial charge in [-0.2, -0.15) is 0 Å². The Morgan fingerprint density at radius 1 is 1.02 bits per heavy atom. The number of carbonyl (C=O) groups is 3. The van der Waals surface area contributed by atoms with Crippen LogP contribution in [0.1, 0.15) is 93.7 Å². The molecule has 0 spiro atoms. The van der Waals surface area contributed by atoms with E-state index in [0.717, 1.165) is 0 Å². The molecule has 2 bridgehead atoms. The summed E-state index contributed by atoms with van der Waals surface area (Å²) < 4.78 is 36.7. The Bertz CT molecular complexity index is 1650. The Labute approximate surface area is 332 Å². The molecule has 11 atom stereocenters. The molecular weight excluding hydrogens is 739 g/mol. The highest BCUT2D eigenvalue weighted by Gasteiger charge is 2.75. The summed E-state index contributed by atoms with van der Waals surface area (Å²) in [5.41, 5.74) is -5.94. The first kappa shape index (κ1) is 44.4. The Kier molecular flexibility index (Phi) is 12.5. The van der Waals surface area contributed by atoms with E-state index >= 15 is 4.79 Å². The second kappa shape index (κ2) is 15.8. The lowest BCUT2D eigenvalue weighted by atomic mass is 9.45. The third kappa shape index (κ3) is 7.20. The lowest BCUT2D eigenvalue weighted by Crippen LogP contribution is -2.80. The molecule has 14 heteroatoms. The van der Waals surface area contributed by atoms with Gasteiger partial charge in [-0.25, -0.2) is 9.59 Å². The predicted molar refractivity (Wildman–Crippen MR) is 210 cm³/mol. The minimum atomic E-state index is -2.60. The zero-order valence-electron chi connectivity index (χ0n) is 35.3. The first-order valence-electron chi connectivity index (χ1n) is 20.0. The first-order chi connectivity index (χ1) is 26.1. The number of fused-ring (bicyclic) bond motifs is 5. The van der Waals surface area contributed by atoms with Crippen molar-refractivity contribution in [2.45, 2.75) is 160 Å². The van der Waals surface area contributed by atoms with E-state index in [9.17, 15) is 24.9 Å². The van der Waals surface area contributed by atoms with Gasteiger partial charge in [0.15, 0.2) is 20.2 Å². The highest BCUT2D eigenvalue weighted by atomic mass is 28.4. The molecule has 1 aromatic carbocycles. The number of ether oxygens (including phenoxy) is 5. The summed E-state index contributed by atoms with van der Waals surface area (Å²) in [5.74, 6) is -2.46. The van der Waals surface area contributed by atoms with Crippen LogP contribution in [0.15, 0.2) is 41.5 Å². The van der Waals surface area contributed by atoms with Gasteiger partial charge in [0.05, 0.1) is 36.4 Å². The predicted octanol–water partition coefficient (Wildman–Crippen LogP) is 5.16. The van der Waals surface area contributed by atoms with Crippen molar-refractivity contribution in [1.82, 2.24) is 5.32 Å². The van der Waals surface area contributed by atoms with Gasteiger partial charge in [-0.3, -0.25) is 4.79 Å². The first-order valence-corrected chi connectivity index (χ1v) is 22.6. The van der Waals surface area contributed by atoms with Crippen LogP contribution in [0.4, 0.5) is 4.79 Å². The minimum absolute atomic E-state index is 0.143. The van der Waals surface area contributed by atoms with Crippen molar-refractivity contribution in [3.8, 4) is 0 Å². The number of esters is 1. The number of alkyl carbamates (subject to hydrolysis) is 1. The number of amides is 1. The molecule has 3 aliphatic carbocycles. The zero-order chi connectivity index (χ0) is 41.8. The summed E-state index contributed by atoms with van der Waals surface area (Å²) in [6.45, 7) is 18.1. The molecule has 0 aromatic heterocycles. The van der Waals surface area contributed by atoms with Crippen LogP contribution in [0.3, 0.4) is 0 Å². The van der Waals surface area contributed by atoms with Gasteiger partial charge in [0, 0.05) is 38.4 Å². The normalized spacial score (nSPS) is 35.2. The molecule has 0 unspecified atom stereocenters. The average Bonchev–Trinajstić information content (AvgIpc) is 3.14. The van der Waals surface area contributed by atoms with Gasteiger partial charge in [0.1, 0.15) is 29.0 Å². The van der Waals surface area contributed by atoms with Gasteiger partial charge in [-0.15, -0.1) is 0 Å². The number of methoxy groups -OCH3 is 2. The van der Waals surface area contributed by atoms with Crippen LogP contribution >= 0.6 is 0 Å². The monoisotopic (exact) mass is 803 g/mol. The van der Waals surface area contributed by atoms with E-state index in [1.807, 2.05) is 26.8 Å². The van der Waals surface area contributed by atoms with E-state index in [4.69, 9.17) is 28.1 Å². The topological polar surface area (TPSA) is 179 Å². The molecule has 2 saturated carbocycles. The van der Waals surface area contributed by atoms with Gasteiger partial charge >= 0.3 is 12.1 Å². The summed E-state index contributed by atoms with van der Waals surface area (Å²) in [5, 5.41) is 40.8. The number of benzene rings is 1. The van der Waals surface area contributed by atoms with Crippen LogP contribution < -0.4 is 5.32 Å². The van der Waals surface area contributed by atoms with E-state index in [-0.39, 0.29) is 19.4 Å². The number of carbonyl (C=O) groups excluding carboxylic acids is 3. The van der Waals surface area contributed by atoms with Crippen molar-refractivity contribution in [2.75, 3.05) is 20.8 Å². The van der Waals surface area contributed by atoms with E-state index in [0.29, 0.717) is 34.8 Å². The average molecular weight is 804 g/mol. The molecule has 4 N–H and O–H groups in total. The summed E-state index contributed by atoms with van der Waals surface area (Å²) in [6, 6.07) is 10.1. The molecule has 1 heterocycles. The van der Waals surface area contributed by atoms with Crippen molar-refractivity contribution < 1.29 is 57.8 Å². The molecule has 56 heavy (non-hydrogen) atoms. The highest BCUT2D eigenvalue weighted by Crippen LogP contribution is 2.63. The fourth-order valence-corrected chi connectivity index (χ4v) is 12.9. The fourth-order valence-electron chi connectivity index (χ4n) is 10.2. The van der Waals surface area contributed by atoms with Crippen LogP contribution in [-0.2, 0) is 37.7 Å². The molecule has 5 rings (SSSR count). The molecule has 0 radical (unpaired) electrons. The van der Waals surface area contributed by atoms with Crippen LogP contribution in [-0.4, -0.2) is 116 Å². The number of rotatable bonds is 12. The maximum Gasteiger partial charge on any atom is 0.408 e. The third-order valence-corrected chi connectivity index (χ3v) is 18.4. The lowest BCUT2D eigenvalue weighted by Gasteiger charge is -2.67. The largest absolute Gasteiger partial charge is 0.456 e. The van der Waals surface area contributed by atoms with E-state index in [1.54, 1.807) is 72.7 Å². The molecule has 1 saturated heterocycles. The fraction of sp³-hybridized carbons (Fsp3) is 0.738. The summed E-state index contributed by atoms with van der Waals surface area (Å²) in [7, 11) is 0.280. The lowest BCUT2D eigenvalue weighted by molar-refractivity contribution is -0.346. The molecule has 3 fully saturated rings. The van der Waals surface area contributed by atoms with Crippen molar-refractivity contribution in [3.05, 3.63) is 47.0 Å². The number of ketones is 1. The van der Waals surface area contributed by atoms with E-state index in [2.05, 4.69) is 5.32 Å². The maximum atomic E-state index is 15.0. The van der Waals surface area contributed by atoms with Crippen molar-refractivity contribution in [2.24, 2.45) is 16.7 Å². The molecule has 13 nitrogen and oxygen atoms in total. The second-order valence-corrected chi connectivity index (χ2v) is 22.8. The van der Waals surface area contributed by atoms with Crippen LogP contribution in [0.5, 0.6) is 0 Å².